The zero-order valence-electron chi connectivity index (χ0n) is 12.5. The number of hydrogen-bond acceptors (Lipinski definition) is 2. The van der Waals surface area contributed by atoms with E-state index in [1.807, 2.05) is 11.8 Å². The van der Waals surface area contributed by atoms with Crippen molar-refractivity contribution in [2.45, 2.75) is 71.8 Å². The minimum absolute atomic E-state index is 0.226. The average Bonchev–Trinajstić information content (AvgIpc) is 2.16. The fourth-order valence-electron chi connectivity index (χ4n) is 1.80. The molecule has 0 aliphatic heterocycles. The predicted octanol–water partition coefficient (Wildman–Crippen LogP) is 5.25. The Morgan fingerprint density at radius 3 is 2.00 bits per heavy atom. The second-order valence-electron chi connectivity index (χ2n) is 5.47. The van der Waals surface area contributed by atoms with Gasteiger partial charge in [-0.1, -0.05) is 77.8 Å². The van der Waals surface area contributed by atoms with Crippen molar-refractivity contribution in [2.24, 2.45) is 0 Å². The van der Waals surface area contributed by atoms with Gasteiger partial charge >= 0.3 is 0 Å². The second-order valence-corrected chi connectivity index (χ2v) is 7.30. The summed E-state index contributed by atoms with van der Waals surface area (Å²) in [5.41, 5.74) is 0. The van der Waals surface area contributed by atoms with E-state index in [4.69, 9.17) is 4.74 Å². The molecule has 0 aromatic heterocycles. The van der Waals surface area contributed by atoms with Crippen LogP contribution in [0.1, 0.15) is 54.4 Å². The highest BCUT2D eigenvalue weighted by molar-refractivity contribution is 8.04. The first-order valence-electron chi connectivity index (χ1n) is 6.96. The largest absolute Gasteiger partial charge is 0.489 e. The Labute approximate surface area is 113 Å². The third-order valence-electron chi connectivity index (χ3n) is 2.38. The van der Waals surface area contributed by atoms with Crippen LogP contribution in [-0.2, 0) is 4.74 Å². The first-order valence-corrected chi connectivity index (χ1v) is 7.78. The molecule has 0 radical (unpaired) electrons. The van der Waals surface area contributed by atoms with E-state index >= 15 is 0 Å². The Hall–Kier alpha value is -0.0451. The van der Waals surface area contributed by atoms with Crippen molar-refractivity contribution in [1.29, 1.82) is 0 Å². The van der Waals surface area contributed by atoms with Crippen LogP contribution in [0.5, 0.6) is 0 Å². The van der Waals surface area contributed by atoms with Gasteiger partial charge in [0.1, 0.15) is 5.09 Å². The summed E-state index contributed by atoms with van der Waals surface area (Å²) < 4.78 is 5.99. The van der Waals surface area contributed by atoms with Crippen molar-refractivity contribution in [3.63, 3.8) is 0 Å². The van der Waals surface area contributed by atoms with Crippen LogP contribution < -0.4 is 0 Å². The van der Waals surface area contributed by atoms with Crippen molar-refractivity contribution in [1.82, 2.24) is 0 Å². The maximum absolute atomic E-state index is 5.77. The monoisotopic (exact) mass is 256 g/mol. The average molecular weight is 256 g/mol. The fraction of sp³-hybridized carbons (Fsp3) is 0.857. The molecule has 0 N–H and O–H groups in total. The molecule has 0 atom stereocenters. The second kappa shape index (κ2) is 8.96. The molecule has 0 unspecified atom stereocenters. The molecule has 0 rings (SSSR count). The highest BCUT2D eigenvalue weighted by Gasteiger charge is 2.17. The molecule has 1 nitrogen and oxygen atoms in total. The molecule has 3 heteroatoms. The predicted molar refractivity (Wildman–Crippen MR) is 83.0 cm³/mol. The Bertz CT molecular complexity index is 215. The van der Waals surface area contributed by atoms with E-state index in [-0.39, 0.29) is 4.75 Å². The van der Waals surface area contributed by atoms with Crippen LogP contribution in [0.3, 0.4) is 0 Å². The lowest BCUT2D eigenvalue weighted by atomic mass is 9.44. The summed E-state index contributed by atoms with van der Waals surface area (Å²) >= 11 is 1.85. The number of ether oxygens (including phenoxy) is 1. The van der Waals surface area contributed by atoms with Crippen LogP contribution in [0.4, 0.5) is 0 Å². The van der Waals surface area contributed by atoms with E-state index in [9.17, 15) is 0 Å². The van der Waals surface area contributed by atoms with E-state index in [1.54, 1.807) is 0 Å². The van der Waals surface area contributed by atoms with Gasteiger partial charge in [-0.05, 0) is 6.92 Å². The highest BCUT2D eigenvalue weighted by Crippen LogP contribution is 2.32. The molecular weight excluding hydrogens is 227 g/mol. The first kappa shape index (κ1) is 17.0. The number of hydrogen-bond donors (Lipinski definition) is 0. The molecular formula is C14H29BOS. The van der Waals surface area contributed by atoms with Crippen molar-refractivity contribution in [2.75, 3.05) is 6.61 Å². The lowest BCUT2D eigenvalue weighted by molar-refractivity contribution is 0.257. The van der Waals surface area contributed by atoms with Crippen LogP contribution >= 0.6 is 11.8 Å². The summed E-state index contributed by atoms with van der Waals surface area (Å²) in [5.74, 6) is 2.35. The molecule has 0 fully saturated rings. The molecule has 0 spiro atoms. The summed E-state index contributed by atoms with van der Waals surface area (Å²) in [6.07, 6.45) is 5.05. The molecule has 100 valence electrons. The molecule has 0 heterocycles. The molecule has 0 aliphatic carbocycles. The zero-order valence-corrected chi connectivity index (χ0v) is 13.3. The van der Waals surface area contributed by atoms with E-state index < -0.39 is 0 Å². The highest BCUT2D eigenvalue weighted by atomic mass is 32.2. The summed E-state index contributed by atoms with van der Waals surface area (Å²) in [5, 5.41) is 1.12. The van der Waals surface area contributed by atoms with Crippen LogP contribution in [0.2, 0.25) is 12.6 Å². The Morgan fingerprint density at radius 2 is 1.65 bits per heavy atom. The van der Waals surface area contributed by atoms with Crippen molar-refractivity contribution < 1.29 is 4.74 Å². The normalized spacial score (nSPS) is 12.7. The van der Waals surface area contributed by atoms with E-state index in [1.165, 1.54) is 25.5 Å². The van der Waals surface area contributed by atoms with Crippen molar-refractivity contribution >= 4 is 18.5 Å². The van der Waals surface area contributed by atoms with Crippen LogP contribution in [0.15, 0.2) is 11.1 Å². The molecule has 0 aromatic carbocycles. The van der Waals surface area contributed by atoms with Gasteiger partial charge in [-0.2, -0.15) is 0 Å². The fourth-order valence-corrected chi connectivity index (χ4v) is 2.84. The van der Waals surface area contributed by atoms with Gasteiger partial charge in [-0.15, -0.1) is 0 Å². The molecule has 17 heavy (non-hydrogen) atoms. The van der Waals surface area contributed by atoms with E-state index in [2.05, 4.69) is 47.5 Å². The Morgan fingerprint density at radius 1 is 1.12 bits per heavy atom. The number of rotatable bonds is 8. The quantitative estimate of drug-likeness (QED) is 0.433. The smallest absolute Gasteiger partial charge is 0.172 e. The molecule has 0 bridgehead atoms. The first-order chi connectivity index (χ1) is 7.92. The Balaban J connectivity index is 4.61. The Kier molecular flexibility index (Phi) is 8.94. The van der Waals surface area contributed by atoms with Crippen molar-refractivity contribution in [3.05, 3.63) is 11.1 Å². The zero-order chi connectivity index (χ0) is 13.3. The van der Waals surface area contributed by atoms with Gasteiger partial charge in [-0.3, -0.25) is 0 Å². The summed E-state index contributed by atoms with van der Waals surface area (Å²) in [4.78, 5) is 0. The maximum Gasteiger partial charge on any atom is 0.172 e. The van der Waals surface area contributed by atoms with Crippen LogP contribution in [0.25, 0.3) is 0 Å². The molecule has 0 aromatic rings. The van der Waals surface area contributed by atoms with Crippen molar-refractivity contribution in [3.8, 4) is 0 Å². The van der Waals surface area contributed by atoms with E-state index in [0.29, 0.717) is 6.71 Å². The van der Waals surface area contributed by atoms with Gasteiger partial charge in [-0.25, -0.2) is 0 Å². The maximum atomic E-state index is 5.77. The summed E-state index contributed by atoms with van der Waals surface area (Å²) in [6, 6.07) is 0. The topological polar surface area (TPSA) is 9.23 Å². The SMILES string of the molecule is CCCB(C=C(OCC)SC(C)(C)C)CCC. The van der Waals surface area contributed by atoms with Gasteiger partial charge < -0.3 is 4.74 Å². The lowest BCUT2D eigenvalue weighted by Crippen LogP contribution is -2.13. The van der Waals surface area contributed by atoms with Crippen LogP contribution in [0, 0.1) is 0 Å². The third kappa shape index (κ3) is 9.64. The van der Waals surface area contributed by atoms with Gasteiger partial charge in [0.25, 0.3) is 0 Å². The molecule has 0 saturated carbocycles. The molecule has 0 amide bonds. The standard InChI is InChI=1S/C14H29BOS/c1-7-10-15(11-8-2)12-13(16-9-3)17-14(4,5)6/h12H,7-11H2,1-6H3. The lowest BCUT2D eigenvalue weighted by Gasteiger charge is -2.21. The molecule has 0 aliphatic rings. The van der Waals surface area contributed by atoms with Gasteiger partial charge in [0.2, 0.25) is 0 Å². The minimum atomic E-state index is 0.226. The number of thioether (sulfide) groups is 1. The van der Waals surface area contributed by atoms with Gasteiger partial charge in [0, 0.05) is 4.75 Å². The van der Waals surface area contributed by atoms with Crippen LogP contribution in [-0.4, -0.2) is 18.1 Å². The van der Waals surface area contributed by atoms with Gasteiger partial charge in [0.15, 0.2) is 6.71 Å². The molecule has 0 saturated heterocycles. The minimum Gasteiger partial charge on any atom is -0.489 e. The summed E-state index contributed by atoms with van der Waals surface area (Å²) in [6.45, 7) is 14.7. The third-order valence-corrected chi connectivity index (χ3v) is 3.45. The summed E-state index contributed by atoms with van der Waals surface area (Å²) in [7, 11) is 0. The van der Waals surface area contributed by atoms with E-state index in [0.717, 1.165) is 11.7 Å². The van der Waals surface area contributed by atoms with Gasteiger partial charge in [0.05, 0.1) is 6.61 Å².